The van der Waals surface area contributed by atoms with Gasteiger partial charge < -0.3 is 4.90 Å². The summed E-state index contributed by atoms with van der Waals surface area (Å²) in [7, 11) is 0. The summed E-state index contributed by atoms with van der Waals surface area (Å²) in [4.78, 5) is 13.1. The van der Waals surface area contributed by atoms with Gasteiger partial charge >= 0.3 is 0 Å². The predicted octanol–water partition coefficient (Wildman–Crippen LogP) is 4.10. The normalized spacial score (nSPS) is 10.8. The fourth-order valence-electron chi connectivity index (χ4n) is 1.38. The summed E-state index contributed by atoms with van der Waals surface area (Å²) >= 11 is 14.7. The van der Waals surface area contributed by atoms with Gasteiger partial charge in [-0.2, -0.15) is 0 Å². The first-order chi connectivity index (χ1) is 8.45. The Labute approximate surface area is 122 Å². The van der Waals surface area contributed by atoms with Gasteiger partial charge in [-0.05, 0) is 18.2 Å². The van der Waals surface area contributed by atoms with Gasteiger partial charge in [-0.15, -0.1) is 0 Å². The second-order valence-electron chi connectivity index (χ2n) is 3.46. The highest BCUT2D eigenvalue weighted by atomic mass is 79.9. The van der Waals surface area contributed by atoms with Gasteiger partial charge in [0, 0.05) is 16.9 Å². The molecule has 0 aliphatic carbocycles. The van der Waals surface area contributed by atoms with Crippen molar-refractivity contribution in [1.29, 1.82) is 0 Å². The molecule has 0 bridgehead atoms. The standard InChI is InChI=1S/C11H10BrCl2F2NO/c12-3-4-17(6-10(15)16)11(18)8-2-1-7(13)5-9(8)14/h1-2,5,10H,3-4,6H2. The molecular formula is C11H10BrCl2F2NO. The monoisotopic (exact) mass is 359 g/mol. The van der Waals surface area contributed by atoms with Crippen molar-refractivity contribution in [3.05, 3.63) is 33.8 Å². The number of nitrogens with zero attached hydrogens (tertiary/aromatic N) is 1. The molecule has 0 aliphatic heterocycles. The topological polar surface area (TPSA) is 20.3 Å². The SMILES string of the molecule is O=C(c1ccc(Cl)cc1Cl)N(CCBr)CC(F)F. The summed E-state index contributed by atoms with van der Waals surface area (Å²) < 4.78 is 24.8. The first kappa shape index (κ1) is 15.7. The molecule has 0 spiro atoms. The Morgan fingerprint density at radius 2 is 2.06 bits per heavy atom. The van der Waals surface area contributed by atoms with Crippen LogP contribution in [0.2, 0.25) is 10.0 Å². The maximum atomic E-state index is 12.4. The summed E-state index contributed by atoms with van der Waals surface area (Å²) in [5, 5.41) is 0.954. The molecule has 0 saturated carbocycles. The lowest BCUT2D eigenvalue weighted by atomic mass is 10.2. The average Bonchev–Trinajstić information content (AvgIpc) is 2.27. The molecule has 0 aromatic heterocycles. The minimum absolute atomic E-state index is 0.154. The summed E-state index contributed by atoms with van der Waals surface area (Å²) in [6, 6.07) is 4.33. The maximum absolute atomic E-state index is 12.4. The van der Waals surface area contributed by atoms with E-state index in [0.29, 0.717) is 10.4 Å². The first-order valence-electron chi connectivity index (χ1n) is 5.04. The molecule has 0 saturated heterocycles. The Morgan fingerprint density at radius 3 is 2.56 bits per heavy atom. The van der Waals surface area contributed by atoms with Crippen LogP contribution in [0.4, 0.5) is 8.78 Å². The molecule has 1 amide bonds. The third kappa shape index (κ3) is 4.37. The van der Waals surface area contributed by atoms with Gasteiger partial charge in [0.15, 0.2) is 0 Å². The van der Waals surface area contributed by atoms with Crippen LogP contribution in [0.3, 0.4) is 0 Å². The second-order valence-corrected chi connectivity index (χ2v) is 5.09. The Balaban J connectivity index is 2.94. The predicted molar refractivity (Wildman–Crippen MR) is 72.2 cm³/mol. The molecule has 0 radical (unpaired) electrons. The van der Waals surface area contributed by atoms with Crippen LogP contribution in [0.1, 0.15) is 10.4 Å². The number of hydrogen-bond acceptors (Lipinski definition) is 1. The summed E-state index contributed by atoms with van der Waals surface area (Å²) in [5.41, 5.74) is 0.169. The van der Waals surface area contributed by atoms with Crippen molar-refractivity contribution in [2.75, 3.05) is 18.4 Å². The van der Waals surface area contributed by atoms with Crippen molar-refractivity contribution in [3.8, 4) is 0 Å². The highest BCUT2D eigenvalue weighted by molar-refractivity contribution is 9.09. The van der Waals surface area contributed by atoms with E-state index >= 15 is 0 Å². The Kier molecular flexibility index (Phi) is 6.32. The number of halogens is 5. The first-order valence-corrected chi connectivity index (χ1v) is 6.92. The molecule has 0 aliphatic rings. The third-order valence-electron chi connectivity index (χ3n) is 2.16. The molecule has 0 fully saturated rings. The second kappa shape index (κ2) is 7.26. The Bertz CT molecular complexity index is 432. The molecule has 0 heterocycles. The number of rotatable bonds is 5. The van der Waals surface area contributed by atoms with Crippen molar-refractivity contribution in [2.45, 2.75) is 6.43 Å². The number of carbonyl (C=O) groups excluding carboxylic acids is 1. The minimum atomic E-state index is -2.58. The zero-order valence-corrected chi connectivity index (χ0v) is 12.3. The molecule has 1 aromatic rings. The molecule has 0 atom stereocenters. The lowest BCUT2D eigenvalue weighted by Gasteiger charge is -2.21. The van der Waals surface area contributed by atoms with Crippen LogP contribution in [0.25, 0.3) is 0 Å². The van der Waals surface area contributed by atoms with E-state index in [0.717, 1.165) is 4.90 Å². The summed E-state index contributed by atoms with van der Waals surface area (Å²) in [6.07, 6.45) is -2.58. The van der Waals surface area contributed by atoms with Crippen LogP contribution in [0.5, 0.6) is 0 Å². The maximum Gasteiger partial charge on any atom is 0.255 e. The average molecular weight is 361 g/mol. The molecule has 2 nitrogen and oxygen atoms in total. The summed E-state index contributed by atoms with van der Waals surface area (Å²) in [5.74, 6) is -0.531. The van der Waals surface area contributed by atoms with Crippen molar-refractivity contribution in [2.24, 2.45) is 0 Å². The fourth-order valence-corrected chi connectivity index (χ4v) is 2.30. The Morgan fingerprint density at radius 1 is 1.39 bits per heavy atom. The fraction of sp³-hybridized carbons (Fsp3) is 0.364. The van der Waals surface area contributed by atoms with E-state index in [-0.39, 0.29) is 17.1 Å². The number of hydrogen-bond donors (Lipinski definition) is 0. The van der Waals surface area contributed by atoms with E-state index in [9.17, 15) is 13.6 Å². The number of benzene rings is 1. The zero-order valence-electron chi connectivity index (χ0n) is 9.18. The molecule has 7 heteroatoms. The highest BCUT2D eigenvalue weighted by Crippen LogP contribution is 2.22. The molecule has 18 heavy (non-hydrogen) atoms. The highest BCUT2D eigenvalue weighted by Gasteiger charge is 2.21. The van der Waals surface area contributed by atoms with Gasteiger partial charge in [-0.3, -0.25) is 4.79 Å². The lowest BCUT2D eigenvalue weighted by molar-refractivity contribution is 0.0572. The van der Waals surface area contributed by atoms with Crippen LogP contribution < -0.4 is 0 Å². The van der Waals surface area contributed by atoms with Gasteiger partial charge in [0.25, 0.3) is 12.3 Å². The van der Waals surface area contributed by atoms with E-state index < -0.39 is 18.9 Å². The van der Waals surface area contributed by atoms with Crippen LogP contribution in [0.15, 0.2) is 18.2 Å². The molecule has 1 aromatic carbocycles. The van der Waals surface area contributed by atoms with Crippen LogP contribution in [0, 0.1) is 0 Å². The van der Waals surface area contributed by atoms with Crippen molar-refractivity contribution >= 4 is 45.0 Å². The van der Waals surface area contributed by atoms with E-state index in [1.165, 1.54) is 18.2 Å². The smallest absolute Gasteiger partial charge is 0.255 e. The van der Waals surface area contributed by atoms with Gasteiger partial charge in [0.05, 0.1) is 17.1 Å². The van der Waals surface area contributed by atoms with Crippen LogP contribution in [-0.4, -0.2) is 35.7 Å². The van der Waals surface area contributed by atoms with Crippen molar-refractivity contribution in [3.63, 3.8) is 0 Å². The van der Waals surface area contributed by atoms with Crippen molar-refractivity contribution < 1.29 is 13.6 Å². The largest absolute Gasteiger partial charge is 0.332 e. The number of carbonyl (C=O) groups is 1. The van der Waals surface area contributed by atoms with E-state index in [1.54, 1.807) is 0 Å². The molecule has 0 N–H and O–H groups in total. The van der Waals surface area contributed by atoms with Gasteiger partial charge in [-0.25, -0.2) is 8.78 Å². The van der Waals surface area contributed by atoms with Crippen LogP contribution in [-0.2, 0) is 0 Å². The minimum Gasteiger partial charge on any atom is -0.332 e. The Hall–Kier alpha value is -0.390. The van der Waals surface area contributed by atoms with E-state index in [2.05, 4.69) is 15.9 Å². The van der Waals surface area contributed by atoms with Gasteiger partial charge in [0.2, 0.25) is 0 Å². The third-order valence-corrected chi connectivity index (χ3v) is 3.06. The molecular weight excluding hydrogens is 351 g/mol. The zero-order chi connectivity index (χ0) is 13.7. The number of amides is 1. The van der Waals surface area contributed by atoms with Crippen LogP contribution >= 0.6 is 39.1 Å². The van der Waals surface area contributed by atoms with Gasteiger partial charge in [-0.1, -0.05) is 39.1 Å². The molecule has 1 rings (SSSR count). The lowest BCUT2D eigenvalue weighted by Crippen LogP contribution is -2.36. The van der Waals surface area contributed by atoms with E-state index in [4.69, 9.17) is 23.2 Å². The van der Waals surface area contributed by atoms with Gasteiger partial charge in [0.1, 0.15) is 0 Å². The number of alkyl halides is 3. The quantitative estimate of drug-likeness (QED) is 0.724. The van der Waals surface area contributed by atoms with Crippen molar-refractivity contribution in [1.82, 2.24) is 4.90 Å². The molecule has 0 unspecified atom stereocenters. The molecule has 100 valence electrons. The summed E-state index contributed by atoms with van der Waals surface area (Å²) in [6.45, 7) is -0.439. The van der Waals surface area contributed by atoms with E-state index in [1.807, 2.05) is 0 Å².